The zero-order valence-corrected chi connectivity index (χ0v) is 11.5. The van der Waals surface area contributed by atoms with Crippen LogP contribution in [0.5, 0.6) is 0 Å². The van der Waals surface area contributed by atoms with Crippen LogP contribution in [-0.4, -0.2) is 11.9 Å². The van der Waals surface area contributed by atoms with Gasteiger partial charge in [-0.15, -0.1) is 0 Å². The Kier molecular flexibility index (Phi) is 3.54. The third kappa shape index (κ3) is 2.85. The topological polar surface area (TPSA) is 38.7 Å². The van der Waals surface area contributed by atoms with Crippen LogP contribution >= 0.6 is 11.6 Å². The average molecular weight is 302 g/mol. The molecule has 0 unspecified atom stereocenters. The van der Waals surface area contributed by atoms with E-state index in [2.05, 4.69) is 4.99 Å². The lowest BCUT2D eigenvalue weighted by atomic mass is 10.2. The molecule has 1 aliphatic heterocycles. The monoisotopic (exact) mass is 301 g/mol. The van der Waals surface area contributed by atoms with Gasteiger partial charge in [-0.2, -0.15) is 0 Å². The van der Waals surface area contributed by atoms with E-state index in [1.54, 1.807) is 36.4 Å². The highest BCUT2D eigenvalue weighted by atomic mass is 35.5. The molecule has 0 aromatic heterocycles. The van der Waals surface area contributed by atoms with Crippen LogP contribution in [0.25, 0.3) is 6.08 Å². The number of rotatable bonds is 2. The maximum atomic E-state index is 12.9. The molecule has 1 heterocycles. The third-order valence-corrected chi connectivity index (χ3v) is 3.23. The van der Waals surface area contributed by atoms with Crippen LogP contribution in [-0.2, 0) is 9.53 Å². The van der Waals surface area contributed by atoms with Gasteiger partial charge in [0.25, 0.3) is 0 Å². The summed E-state index contributed by atoms with van der Waals surface area (Å²) < 4.78 is 18.0. The van der Waals surface area contributed by atoms with Gasteiger partial charge in [0, 0.05) is 0 Å². The van der Waals surface area contributed by atoms with E-state index in [1.807, 2.05) is 0 Å². The maximum absolute atomic E-state index is 12.9. The Morgan fingerprint density at radius 2 is 1.81 bits per heavy atom. The van der Waals surface area contributed by atoms with Gasteiger partial charge in [-0.1, -0.05) is 35.9 Å². The summed E-state index contributed by atoms with van der Waals surface area (Å²) in [6.07, 6.45) is 1.53. The highest BCUT2D eigenvalue weighted by Crippen LogP contribution is 2.23. The lowest BCUT2D eigenvalue weighted by Gasteiger charge is -2.00. The summed E-state index contributed by atoms with van der Waals surface area (Å²) in [5.41, 5.74) is 1.36. The molecule has 0 radical (unpaired) electrons. The highest BCUT2D eigenvalue weighted by Gasteiger charge is 2.25. The van der Waals surface area contributed by atoms with E-state index >= 15 is 0 Å². The van der Waals surface area contributed by atoms with Crippen molar-refractivity contribution in [3.8, 4) is 0 Å². The van der Waals surface area contributed by atoms with Gasteiger partial charge < -0.3 is 4.74 Å². The van der Waals surface area contributed by atoms with Gasteiger partial charge >= 0.3 is 5.97 Å². The second kappa shape index (κ2) is 5.50. The molecule has 3 rings (SSSR count). The first-order valence-corrected chi connectivity index (χ1v) is 6.54. The van der Waals surface area contributed by atoms with Crippen LogP contribution in [0, 0.1) is 5.82 Å². The van der Waals surface area contributed by atoms with Crippen molar-refractivity contribution >= 4 is 29.5 Å². The molecule has 2 aromatic rings. The first-order chi connectivity index (χ1) is 10.1. The Labute approximate surface area is 125 Å². The van der Waals surface area contributed by atoms with Crippen molar-refractivity contribution in [2.45, 2.75) is 0 Å². The Bertz CT molecular complexity index is 766. The van der Waals surface area contributed by atoms with Crippen molar-refractivity contribution in [1.29, 1.82) is 0 Å². The van der Waals surface area contributed by atoms with Gasteiger partial charge in [-0.25, -0.2) is 14.2 Å². The number of hydrogen-bond acceptors (Lipinski definition) is 3. The molecule has 1 aliphatic rings. The predicted molar refractivity (Wildman–Crippen MR) is 78.5 cm³/mol. The first-order valence-electron chi connectivity index (χ1n) is 6.16. The zero-order valence-electron chi connectivity index (χ0n) is 10.7. The Hall–Kier alpha value is -2.46. The summed E-state index contributed by atoms with van der Waals surface area (Å²) in [6.45, 7) is 0. The minimum Gasteiger partial charge on any atom is -0.402 e. The number of hydrogen-bond donors (Lipinski definition) is 0. The molecule has 21 heavy (non-hydrogen) atoms. The van der Waals surface area contributed by atoms with Gasteiger partial charge in [0.1, 0.15) is 5.82 Å². The van der Waals surface area contributed by atoms with Gasteiger partial charge in [0.05, 0.1) is 10.6 Å². The number of halogens is 2. The molecule has 0 spiro atoms. The molecule has 0 bridgehead atoms. The van der Waals surface area contributed by atoms with Crippen LogP contribution in [0.2, 0.25) is 5.02 Å². The van der Waals surface area contributed by atoms with Crippen molar-refractivity contribution in [3.63, 3.8) is 0 Å². The summed E-state index contributed by atoms with van der Waals surface area (Å²) in [7, 11) is 0. The number of aliphatic imine (C=N–C) groups is 1. The number of cyclic esters (lactones) is 1. The Morgan fingerprint density at radius 3 is 2.52 bits per heavy atom. The average Bonchev–Trinajstić information content (AvgIpc) is 2.83. The van der Waals surface area contributed by atoms with Crippen molar-refractivity contribution in [3.05, 3.63) is 76.2 Å². The molecule has 104 valence electrons. The van der Waals surface area contributed by atoms with Crippen LogP contribution in [0.4, 0.5) is 4.39 Å². The fourth-order valence-corrected chi connectivity index (χ4v) is 2.09. The van der Waals surface area contributed by atoms with E-state index in [1.165, 1.54) is 18.2 Å². The number of benzene rings is 2. The SMILES string of the molecule is O=C1OC(c2ccccc2Cl)=N/C1=C/c1ccc(F)cc1. The highest BCUT2D eigenvalue weighted by molar-refractivity contribution is 6.34. The molecular weight excluding hydrogens is 293 g/mol. The van der Waals surface area contributed by atoms with E-state index < -0.39 is 5.97 Å². The standard InChI is InChI=1S/C16H9ClFNO2/c17-13-4-2-1-3-12(13)15-19-14(16(20)21-15)9-10-5-7-11(18)8-6-10/h1-9H/b14-9+. The summed E-state index contributed by atoms with van der Waals surface area (Å²) >= 11 is 6.04. The zero-order chi connectivity index (χ0) is 14.8. The normalized spacial score (nSPS) is 16.0. The van der Waals surface area contributed by atoms with Crippen molar-refractivity contribution < 1.29 is 13.9 Å². The second-order valence-corrected chi connectivity index (χ2v) is 4.77. The summed E-state index contributed by atoms with van der Waals surface area (Å²) in [6, 6.07) is 12.7. The van der Waals surface area contributed by atoms with Crippen LogP contribution in [0.1, 0.15) is 11.1 Å². The van der Waals surface area contributed by atoms with E-state index in [0.29, 0.717) is 16.1 Å². The van der Waals surface area contributed by atoms with Crippen molar-refractivity contribution in [2.24, 2.45) is 4.99 Å². The van der Waals surface area contributed by atoms with Crippen LogP contribution < -0.4 is 0 Å². The van der Waals surface area contributed by atoms with Gasteiger partial charge in [0.2, 0.25) is 5.90 Å². The van der Waals surface area contributed by atoms with E-state index in [0.717, 1.165) is 0 Å². The number of nitrogens with zero attached hydrogens (tertiary/aromatic N) is 1. The molecule has 2 aromatic carbocycles. The third-order valence-electron chi connectivity index (χ3n) is 2.90. The molecule has 0 amide bonds. The lowest BCUT2D eigenvalue weighted by molar-refractivity contribution is -0.129. The molecule has 0 saturated carbocycles. The first kappa shape index (κ1) is 13.5. The number of carbonyl (C=O) groups excluding carboxylic acids is 1. The smallest absolute Gasteiger partial charge is 0.363 e. The fourth-order valence-electron chi connectivity index (χ4n) is 1.88. The summed E-state index contributed by atoms with van der Waals surface area (Å²) in [4.78, 5) is 16.0. The molecule has 0 saturated heterocycles. The molecule has 0 N–H and O–H groups in total. The minimum atomic E-state index is -0.561. The van der Waals surface area contributed by atoms with Gasteiger partial charge in [-0.05, 0) is 35.9 Å². The number of carbonyl (C=O) groups is 1. The van der Waals surface area contributed by atoms with Crippen molar-refractivity contribution in [2.75, 3.05) is 0 Å². The molecule has 0 aliphatic carbocycles. The predicted octanol–water partition coefficient (Wildman–Crippen LogP) is 3.82. The van der Waals surface area contributed by atoms with Gasteiger partial charge in [-0.3, -0.25) is 0 Å². The van der Waals surface area contributed by atoms with E-state index in [4.69, 9.17) is 16.3 Å². The van der Waals surface area contributed by atoms with Gasteiger partial charge in [0.15, 0.2) is 5.70 Å². The lowest BCUT2D eigenvalue weighted by Crippen LogP contribution is -2.05. The maximum Gasteiger partial charge on any atom is 0.363 e. The number of esters is 1. The quantitative estimate of drug-likeness (QED) is 0.625. The van der Waals surface area contributed by atoms with E-state index in [-0.39, 0.29) is 17.4 Å². The molecule has 0 fully saturated rings. The largest absolute Gasteiger partial charge is 0.402 e. The summed E-state index contributed by atoms with van der Waals surface area (Å²) in [5.74, 6) is -0.736. The molecule has 0 atom stereocenters. The summed E-state index contributed by atoms with van der Waals surface area (Å²) in [5, 5.41) is 0.451. The second-order valence-electron chi connectivity index (χ2n) is 4.37. The molecule has 5 heteroatoms. The van der Waals surface area contributed by atoms with Crippen LogP contribution in [0.15, 0.2) is 59.2 Å². The molecule has 3 nitrogen and oxygen atoms in total. The van der Waals surface area contributed by atoms with E-state index in [9.17, 15) is 9.18 Å². The Balaban J connectivity index is 1.96. The number of ether oxygens (including phenoxy) is 1. The fraction of sp³-hybridized carbons (Fsp3) is 0. The molecular formula is C16H9ClFNO2. The minimum absolute atomic E-state index is 0.150. The van der Waals surface area contributed by atoms with Crippen LogP contribution in [0.3, 0.4) is 0 Å². The van der Waals surface area contributed by atoms with Crippen molar-refractivity contribution in [1.82, 2.24) is 0 Å². The Morgan fingerprint density at radius 1 is 1.10 bits per heavy atom.